The minimum atomic E-state index is -1.47. The standard InChI is InChI=1S/C11H16BNO2/c1-4-10(12(14)15)7-9-6-8(3)13-11(9)5-2/h4,6-7,13-15H,1,5H2,2-3H3/b10-7+. The second kappa shape index (κ2) is 5.00. The number of aromatic nitrogens is 1. The van der Waals surface area contributed by atoms with Crippen molar-refractivity contribution in [1.82, 2.24) is 4.98 Å². The van der Waals surface area contributed by atoms with Gasteiger partial charge < -0.3 is 15.0 Å². The maximum absolute atomic E-state index is 9.05. The molecule has 3 N–H and O–H groups in total. The normalized spacial score (nSPS) is 11.6. The Balaban J connectivity index is 3.09. The summed E-state index contributed by atoms with van der Waals surface area (Å²) in [6.45, 7) is 7.56. The lowest BCUT2D eigenvalue weighted by molar-refractivity contribution is 0.421. The van der Waals surface area contributed by atoms with Gasteiger partial charge in [0, 0.05) is 11.4 Å². The van der Waals surface area contributed by atoms with Crippen molar-refractivity contribution in [2.75, 3.05) is 0 Å². The molecule has 0 fully saturated rings. The van der Waals surface area contributed by atoms with Crippen molar-refractivity contribution in [1.29, 1.82) is 0 Å². The summed E-state index contributed by atoms with van der Waals surface area (Å²) in [7, 11) is -1.47. The van der Waals surface area contributed by atoms with E-state index in [2.05, 4.69) is 11.6 Å². The molecule has 0 saturated carbocycles. The lowest BCUT2D eigenvalue weighted by Gasteiger charge is -2.00. The summed E-state index contributed by atoms with van der Waals surface area (Å²) in [5.41, 5.74) is 3.54. The Morgan fingerprint density at radius 2 is 2.27 bits per heavy atom. The van der Waals surface area contributed by atoms with Gasteiger partial charge in [-0.2, -0.15) is 0 Å². The van der Waals surface area contributed by atoms with Crippen LogP contribution in [0.1, 0.15) is 23.9 Å². The molecule has 4 heteroatoms. The highest BCUT2D eigenvalue weighted by molar-refractivity contribution is 6.53. The Bertz CT molecular complexity index is 380. The number of H-pyrrole nitrogens is 1. The van der Waals surface area contributed by atoms with Crippen molar-refractivity contribution >= 4 is 13.2 Å². The van der Waals surface area contributed by atoms with Gasteiger partial charge in [-0.25, -0.2) is 0 Å². The average Bonchev–Trinajstić information content (AvgIpc) is 2.54. The van der Waals surface area contributed by atoms with Crippen molar-refractivity contribution < 1.29 is 10.0 Å². The number of hydrogen-bond acceptors (Lipinski definition) is 2. The molecule has 1 aromatic heterocycles. The van der Waals surface area contributed by atoms with Crippen LogP contribution in [0.2, 0.25) is 0 Å². The van der Waals surface area contributed by atoms with E-state index >= 15 is 0 Å². The molecule has 0 unspecified atom stereocenters. The van der Waals surface area contributed by atoms with E-state index in [-0.39, 0.29) is 0 Å². The molecule has 1 rings (SSSR count). The first-order valence-corrected chi connectivity index (χ1v) is 4.97. The van der Waals surface area contributed by atoms with Gasteiger partial charge in [0.25, 0.3) is 0 Å². The van der Waals surface area contributed by atoms with Crippen molar-refractivity contribution in [3.05, 3.63) is 41.1 Å². The van der Waals surface area contributed by atoms with E-state index in [4.69, 9.17) is 10.0 Å². The monoisotopic (exact) mass is 205 g/mol. The van der Waals surface area contributed by atoms with Gasteiger partial charge in [-0.05, 0) is 30.4 Å². The van der Waals surface area contributed by atoms with Crippen molar-refractivity contribution in [2.45, 2.75) is 20.3 Å². The van der Waals surface area contributed by atoms with E-state index in [0.29, 0.717) is 5.47 Å². The molecule has 0 aromatic carbocycles. The van der Waals surface area contributed by atoms with Crippen LogP contribution < -0.4 is 0 Å². The largest absolute Gasteiger partial charge is 0.488 e. The van der Waals surface area contributed by atoms with Crippen LogP contribution in [0, 0.1) is 6.92 Å². The third kappa shape index (κ3) is 2.84. The van der Waals surface area contributed by atoms with Gasteiger partial charge in [0.15, 0.2) is 0 Å². The second-order valence-electron chi connectivity index (χ2n) is 3.46. The second-order valence-corrected chi connectivity index (χ2v) is 3.46. The van der Waals surface area contributed by atoms with Crippen LogP contribution in [0.3, 0.4) is 0 Å². The van der Waals surface area contributed by atoms with Crippen LogP contribution in [0.4, 0.5) is 0 Å². The predicted octanol–water partition coefficient (Wildman–Crippen LogP) is 1.47. The van der Waals surface area contributed by atoms with Gasteiger partial charge in [0.2, 0.25) is 0 Å². The first kappa shape index (κ1) is 11.8. The molecule has 0 saturated heterocycles. The molecule has 0 atom stereocenters. The molecule has 15 heavy (non-hydrogen) atoms. The number of allylic oxidation sites excluding steroid dienone is 2. The maximum Gasteiger partial charge on any atom is 0.488 e. The van der Waals surface area contributed by atoms with Crippen molar-refractivity contribution in [3.63, 3.8) is 0 Å². The van der Waals surface area contributed by atoms with Crippen LogP contribution >= 0.6 is 0 Å². The van der Waals surface area contributed by atoms with Gasteiger partial charge in [0.1, 0.15) is 0 Å². The Labute approximate surface area is 90.3 Å². The lowest BCUT2D eigenvalue weighted by Crippen LogP contribution is -2.13. The highest BCUT2D eigenvalue weighted by atomic mass is 16.4. The van der Waals surface area contributed by atoms with Crippen LogP contribution in [-0.2, 0) is 6.42 Å². The molecule has 0 bridgehead atoms. The summed E-state index contributed by atoms with van der Waals surface area (Å²) in [5, 5.41) is 18.1. The van der Waals surface area contributed by atoms with Crippen LogP contribution in [0.5, 0.6) is 0 Å². The smallest absolute Gasteiger partial charge is 0.423 e. The summed E-state index contributed by atoms with van der Waals surface area (Å²) in [6.07, 6.45) is 4.07. The zero-order chi connectivity index (χ0) is 11.4. The molecular weight excluding hydrogens is 189 g/mol. The van der Waals surface area contributed by atoms with Gasteiger partial charge in [-0.15, -0.1) is 0 Å². The Kier molecular flexibility index (Phi) is 3.94. The topological polar surface area (TPSA) is 56.2 Å². The van der Waals surface area contributed by atoms with Gasteiger partial charge in [-0.3, -0.25) is 0 Å². The lowest BCUT2D eigenvalue weighted by atomic mass is 9.78. The van der Waals surface area contributed by atoms with E-state index in [1.54, 1.807) is 6.08 Å². The Morgan fingerprint density at radius 1 is 1.60 bits per heavy atom. The third-order valence-electron chi connectivity index (χ3n) is 2.28. The average molecular weight is 205 g/mol. The molecular formula is C11H16BNO2. The molecule has 1 heterocycles. The molecule has 80 valence electrons. The summed E-state index contributed by atoms with van der Waals surface area (Å²) in [4.78, 5) is 3.22. The minimum absolute atomic E-state index is 0.406. The summed E-state index contributed by atoms with van der Waals surface area (Å²) >= 11 is 0. The van der Waals surface area contributed by atoms with E-state index in [0.717, 1.165) is 23.4 Å². The fourth-order valence-electron chi connectivity index (χ4n) is 1.51. The summed E-state index contributed by atoms with van der Waals surface area (Å²) < 4.78 is 0. The maximum atomic E-state index is 9.05. The molecule has 3 nitrogen and oxygen atoms in total. The van der Waals surface area contributed by atoms with E-state index in [1.165, 1.54) is 6.08 Å². The number of hydrogen-bond donors (Lipinski definition) is 3. The highest BCUT2D eigenvalue weighted by Gasteiger charge is 2.12. The zero-order valence-electron chi connectivity index (χ0n) is 9.12. The van der Waals surface area contributed by atoms with Crippen molar-refractivity contribution in [3.8, 4) is 0 Å². The minimum Gasteiger partial charge on any atom is -0.423 e. The molecule has 0 spiro atoms. The number of rotatable bonds is 4. The van der Waals surface area contributed by atoms with E-state index in [9.17, 15) is 0 Å². The fraction of sp³-hybridized carbons (Fsp3) is 0.273. The number of aromatic amines is 1. The summed E-state index contributed by atoms with van der Waals surface area (Å²) in [5.74, 6) is 0. The first-order valence-electron chi connectivity index (χ1n) is 4.97. The summed E-state index contributed by atoms with van der Waals surface area (Å²) in [6, 6.07) is 1.98. The van der Waals surface area contributed by atoms with E-state index in [1.807, 2.05) is 19.9 Å². The predicted molar refractivity (Wildman–Crippen MR) is 63.3 cm³/mol. The third-order valence-corrected chi connectivity index (χ3v) is 2.28. The van der Waals surface area contributed by atoms with Crippen LogP contribution in [0.25, 0.3) is 6.08 Å². The molecule has 0 aliphatic carbocycles. The van der Waals surface area contributed by atoms with E-state index < -0.39 is 7.12 Å². The Morgan fingerprint density at radius 3 is 2.73 bits per heavy atom. The molecule has 0 amide bonds. The zero-order valence-corrected chi connectivity index (χ0v) is 9.12. The first-order chi connectivity index (χ1) is 7.08. The van der Waals surface area contributed by atoms with Crippen molar-refractivity contribution in [2.24, 2.45) is 0 Å². The number of aryl methyl sites for hydroxylation is 2. The molecule has 1 aromatic rings. The number of nitrogens with one attached hydrogen (secondary N) is 1. The Hall–Kier alpha value is -1.26. The highest BCUT2D eigenvalue weighted by Crippen LogP contribution is 2.16. The van der Waals surface area contributed by atoms with Gasteiger partial charge in [0.05, 0.1) is 0 Å². The SMILES string of the molecule is C=C/C(=C\c1cc(C)[nH]c1CC)B(O)O. The van der Waals surface area contributed by atoms with Crippen LogP contribution in [-0.4, -0.2) is 22.2 Å². The fourth-order valence-corrected chi connectivity index (χ4v) is 1.51. The van der Waals surface area contributed by atoms with Gasteiger partial charge in [-0.1, -0.05) is 25.7 Å². The molecule has 0 radical (unpaired) electrons. The van der Waals surface area contributed by atoms with Crippen LogP contribution in [0.15, 0.2) is 24.2 Å². The quantitative estimate of drug-likeness (QED) is 0.514. The molecule has 0 aliphatic rings. The molecule has 0 aliphatic heterocycles. The van der Waals surface area contributed by atoms with Gasteiger partial charge >= 0.3 is 7.12 Å².